The van der Waals surface area contributed by atoms with Gasteiger partial charge in [0.2, 0.25) is 5.91 Å². The minimum atomic E-state index is 0.243. The number of hydrogen-bond acceptors (Lipinski definition) is 4. The molecular weight excluding hydrogens is 252 g/mol. The average Bonchev–Trinajstić information content (AvgIpc) is 2.63. The van der Waals surface area contributed by atoms with Crippen molar-refractivity contribution in [3.05, 3.63) is 18.1 Å². The quantitative estimate of drug-likeness (QED) is 0.916. The molecule has 5 heteroatoms. The molecule has 1 N–H and O–H groups in total. The maximum absolute atomic E-state index is 12.2. The first-order valence-corrected chi connectivity index (χ1v) is 7.36. The van der Waals surface area contributed by atoms with Gasteiger partial charge in [-0.25, -0.2) is 4.98 Å². The Morgan fingerprint density at radius 1 is 1.35 bits per heavy atom. The fourth-order valence-electron chi connectivity index (χ4n) is 2.65. The lowest BCUT2D eigenvalue weighted by Crippen LogP contribution is -2.30. The SMILES string of the molecule is CNc1cnc(CN2CCC(C(C)C)CCC2=O)cn1. The van der Waals surface area contributed by atoms with Crippen molar-refractivity contribution in [3.8, 4) is 0 Å². The molecule has 1 aliphatic heterocycles. The fraction of sp³-hybridized carbons (Fsp3) is 0.667. The Hall–Kier alpha value is -1.65. The van der Waals surface area contributed by atoms with Crippen LogP contribution in [0.15, 0.2) is 12.4 Å². The van der Waals surface area contributed by atoms with E-state index in [1.165, 1.54) is 0 Å². The van der Waals surface area contributed by atoms with Gasteiger partial charge in [0.15, 0.2) is 0 Å². The Balaban J connectivity index is 1.98. The van der Waals surface area contributed by atoms with E-state index in [1.54, 1.807) is 12.4 Å². The molecule has 1 fully saturated rings. The van der Waals surface area contributed by atoms with Crippen molar-refractivity contribution in [2.24, 2.45) is 11.8 Å². The Labute approximate surface area is 120 Å². The standard InChI is InChI=1S/C15H24N4O/c1-11(2)12-4-5-15(20)19(7-6-12)10-13-8-18-14(16-3)9-17-13/h8-9,11-12H,4-7,10H2,1-3H3,(H,16,18). The molecule has 20 heavy (non-hydrogen) atoms. The molecule has 1 aromatic heterocycles. The summed E-state index contributed by atoms with van der Waals surface area (Å²) >= 11 is 0. The Bertz CT molecular complexity index is 444. The highest BCUT2D eigenvalue weighted by molar-refractivity contribution is 5.76. The van der Waals surface area contributed by atoms with E-state index in [1.807, 2.05) is 11.9 Å². The highest BCUT2D eigenvalue weighted by atomic mass is 16.2. The summed E-state index contributed by atoms with van der Waals surface area (Å²) in [5, 5.41) is 2.94. The van der Waals surface area contributed by atoms with Crippen LogP contribution in [0.3, 0.4) is 0 Å². The van der Waals surface area contributed by atoms with Gasteiger partial charge in [0.25, 0.3) is 0 Å². The Morgan fingerprint density at radius 2 is 2.15 bits per heavy atom. The van der Waals surface area contributed by atoms with Crippen LogP contribution in [-0.4, -0.2) is 34.4 Å². The van der Waals surface area contributed by atoms with Gasteiger partial charge in [0.1, 0.15) is 5.82 Å². The van der Waals surface area contributed by atoms with Crippen LogP contribution in [0.5, 0.6) is 0 Å². The largest absolute Gasteiger partial charge is 0.372 e. The maximum atomic E-state index is 12.2. The molecule has 1 unspecified atom stereocenters. The van der Waals surface area contributed by atoms with Gasteiger partial charge in [-0.15, -0.1) is 0 Å². The van der Waals surface area contributed by atoms with E-state index in [2.05, 4.69) is 29.1 Å². The molecule has 1 amide bonds. The van der Waals surface area contributed by atoms with Gasteiger partial charge in [-0.2, -0.15) is 0 Å². The van der Waals surface area contributed by atoms with E-state index in [0.29, 0.717) is 24.8 Å². The van der Waals surface area contributed by atoms with Crippen molar-refractivity contribution in [1.82, 2.24) is 14.9 Å². The monoisotopic (exact) mass is 276 g/mol. The third kappa shape index (κ3) is 3.68. The molecule has 1 saturated heterocycles. The summed E-state index contributed by atoms with van der Waals surface area (Å²) in [7, 11) is 1.81. The molecule has 0 spiro atoms. The summed E-state index contributed by atoms with van der Waals surface area (Å²) in [5.74, 6) is 2.29. The second-order valence-corrected chi connectivity index (χ2v) is 5.79. The van der Waals surface area contributed by atoms with E-state index < -0.39 is 0 Å². The van der Waals surface area contributed by atoms with Gasteiger partial charge >= 0.3 is 0 Å². The van der Waals surface area contributed by atoms with Crippen molar-refractivity contribution in [2.75, 3.05) is 18.9 Å². The number of rotatable bonds is 4. The number of aromatic nitrogens is 2. The molecule has 1 aliphatic rings. The predicted molar refractivity (Wildman–Crippen MR) is 79.2 cm³/mol. The van der Waals surface area contributed by atoms with Crippen LogP contribution in [0.1, 0.15) is 38.8 Å². The van der Waals surface area contributed by atoms with Crippen LogP contribution in [0, 0.1) is 11.8 Å². The van der Waals surface area contributed by atoms with Crippen molar-refractivity contribution >= 4 is 11.7 Å². The summed E-state index contributed by atoms with van der Waals surface area (Å²) in [6, 6.07) is 0. The second-order valence-electron chi connectivity index (χ2n) is 5.79. The molecule has 110 valence electrons. The third-order valence-corrected chi connectivity index (χ3v) is 4.11. The number of nitrogens with one attached hydrogen (secondary N) is 1. The topological polar surface area (TPSA) is 58.1 Å². The van der Waals surface area contributed by atoms with Crippen molar-refractivity contribution in [2.45, 2.75) is 39.7 Å². The third-order valence-electron chi connectivity index (χ3n) is 4.11. The van der Waals surface area contributed by atoms with E-state index in [4.69, 9.17) is 0 Å². The minimum absolute atomic E-state index is 0.243. The van der Waals surface area contributed by atoms with Gasteiger partial charge in [-0.05, 0) is 24.7 Å². The predicted octanol–water partition coefficient (Wildman–Crippen LogP) is 2.30. The first kappa shape index (κ1) is 14.8. The second kappa shape index (κ2) is 6.68. The molecule has 1 aromatic rings. The van der Waals surface area contributed by atoms with Crippen LogP contribution >= 0.6 is 0 Å². The van der Waals surface area contributed by atoms with E-state index in [0.717, 1.165) is 30.9 Å². The van der Waals surface area contributed by atoms with Crippen LogP contribution in [0.4, 0.5) is 5.82 Å². The zero-order valence-corrected chi connectivity index (χ0v) is 12.6. The molecule has 0 aliphatic carbocycles. The smallest absolute Gasteiger partial charge is 0.222 e. The molecule has 0 radical (unpaired) electrons. The Kier molecular flexibility index (Phi) is 4.93. The lowest BCUT2D eigenvalue weighted by atomic mass is 9.89. The van der Waals surface area contributed by atoms with Crippen LogP contribution in [-0.2, 0) is 11.3 Å². The van der Waals surface area contributed by atoms with Gasteiger partial charge in [0, 0.05) is 20.0 Å². The average molecular weight is 276 g/mol. The van der Waals surface area contributed by atoms with Crippen molar-refractivity contribution in [3.63, 3.8) is 0 Å². The molecule has 0 bridgehead atoms. The number of hydrogen-bond donors (Lipinski definition) is 1. The highest BCUT2D eigenvalue weighted by Crippen LogP contribution is 2.25. The zero-order chi connectivity index (χ0) is 14.5. The minimum Gasteiger partial charge on any atom is -0.372 e. The van der Waals surface area contributed by atoms with Gasteiger partial charge in [-0.3, -0.25) is 9.78 Å². The molecule has 5 nitrogen and oxygen atoms in total. The van der Waals surface area contributed by atoms with Crippen LogP contribution < -0.4 is 5.32 Å². The first-order valence-electron chi connectivity index (χ1n) is 7.36. The fourth-order valence-corrected chi connectivity index (χ4v) is 2.65. The lowest BCUT2D eigenvalue weighted by molar-refractivity contribution is -0.131. The number of nitrogens with zero attached hydrogens (tertiary/aromatic N) is 3. The summed E-state index contributed by atoms with van der Waals surface area (Å²) in [4.78, 5) is 22.7. The van der Waals surface area contributed by atoms with Crippen LogP contribution in [0.2, 0.25) is 0 Å². The van der Waals surface area contributed by atoms with E-state index in [9.17, 15) is 4.79 Å². The number of amides is 1. The number of carbonyl (C=O) groups is 1. The normalized spacial score (nSPS) is 20.1. The summed E-state index contributed by atoms with van der Waals surface area (Å²) in [5.41, 5.74) is 0.848. The molecule has 0 aromatic carbocycles. The Morgan fingerprint density at radius 3 is 2.75 bits per heavy atom. The zero-order valence-electron chi connectivity index (χ0n) is 12.6. The van der Waals surface area contributed by atoms with Gasteiger partial charge in [-0.1, -0.05) is 13.8 Å². The molecule has 0 saturated carbocycles. The van der Waals surface area contributed by atoms with E-state index >= 15 is 0 Å². The maximum Gasteiger partial charge on any atom is 0.222 e. The van der Waals surface area contributed by atoms with Gasteiger partial charge < -0.3 is 10.2 Å². The number of likely N-dealkylation sites (tertiary alicyclic amines) is 1. The first-order chi connectivity index (χ1) is 9.60. The number of carbonyl (C=O) groups excluding carboxylic acids is 1. The molecular formula is C15H24N4O. The van der Waals surface area contributed by atoms with Gasteiger partial charge in [0.05, 0.1) is 24.6 Å². The van der Waals surface area contributed by atoms with Crippen molar-refractivity contribution in [1.29, 1.82) is 0 Å². The molecule has 1 atom stereocenters. The van der Waals surface area contributed by atoms with Crippen molar-refractivity contribution < 1.29 is 4.79 Å². The number of anilines is 1. The lowest BCUT2D eigenvalue weighted by Gasteiger charge is -2.21. The van der Waals surface area contributed by atoms with E-state index in [-0.39, 0.29) is 5.91 Å². The summed E-state index contributed by atoms with van der Waals surface area (Å²) in [6.45, 7) is 5.89. The molecule has 2 heterocycles. The molecule has 2 rings (SSSR count). The van der Waals surface area contributed by atoms with Crippen LogP contribution in [0.25, 0.3) is 0 Å². The summed E-state index contributed by atoms with van der Waals surface area (Å²) in [6.07, 6.45) is 6.20. The highest BCUT2D eigenvalue weighted by Gasteiger charge is 2.24. The summed E-state index contributed by atoms with van der Waals surface area (Å²) < 4.78 is 0.